The second kappa shape index (κ2) is 15.5. The highest BCUT2D eigenvalue weighted by molar-refractivity contribution is 6.05. The van der Waals surface area contributed by atoms with Gasteiger partial charge >= 0.3 is 5.97 Å². The smallest absolute Gasteiger partial charge is 0.347 e. The fraction of sp³-hybridized carbons (Fsp3) is 0.432. The van der Waals surface area contributed by atoms with Crippen molar-refractivity contribution in [3.63, 3.8) is 0 Å². The van der Waals surface area contributed by atoms with E-state index in [-0.39, 0.29) is 0 Å². The van der Waals surface area contributed by atoms with Crippen LogP contribution in [0.4, 0.5) is 0 Å². The summed E-state index contributed by atoms with van der Waals surface area (Å²) in [6, 6.07) is 23.6. The van der Waals surface area contributed by atoms with Crippen LogP contribution in [0, 0.1) is 11.8 Å². The minimum Gasteiger partial charge on any atom is -0.493 e. The van der Waals surface area contributed by atoms with Crippen molar-refractivity contribution in [3.05, 3.63) is 78.4 Å². The summed E-state index contributed by atoms with van der Waals surface area (Å²) < 4.78 is 19.1. The monoisotopic (exact) mass is 554 g/mol. The minimum atomic E-state index is -0.438. The summed E-state index contributed by atoms with van der Waals surface area (Å²) in [7, 11) is 0. The van der Waals surface area contributed by atoms with Crippen LogP contribution in [0.2, 0.25) is 0 Å². The van der Waals surface area contributed by atoms with Gasteiger partial charge in [0.15, 0.2) is 0 Å². The van der Waals surface area contributed by atoms with E-state index in [0.717, 1.165) is 53.6 Å². The van der Waals surface area contributed by atoms with Crippen LogP contribution in [0.15, 0.2) is 72.8 Å². The Hall–Kier alpha value is -3.53. The molecule has 0 aliphatic rings. The van der Waals surface area contributed by atoms with Crippen LogP contribution in [0.5, 0.6) is 17.2 Å². The van der Waals surface area contributed by atoms with Gasteiger partial charge in [-0.1, -0.05) is 127 Å². The third-order valence-electron chi connectivity index (χ3n) is 8.15. The molecule has 218 valence electrons. The maximum absolute atomic E-state index is 13.9. The van der Waals surface area contributed by atoms with Crippen molar-refractivity contribution >= 4 is 27.5 Å². The first-order valence-electron chi connectivity index (χ1n) is 15.6. The molecule has 0 radical (unpaired) electrons. The highest BCUT2D eigenvalue weighted by atomic mass is 16.5. The minimum absolute atomic E-state index is 0.401. The van der Waals surface area contributed by atoms with E-state index in [4.69, 9.17) is 14.2 Å². The van der Waals surface area contributed by atoms with Crippen LogP contribution < -0.4 is 14.2 Å². The second-order valence-electron chi connectivity index (χ2n) is 11.1. The highest BCUT2D eigenvalue weighted by Gasteiger charge is 2.23. The van der Waals surface area contributed by atoms with Crippen LogP contribution >= 0.6 is 0 Å². The van der Waals surface area contributed by atoms with Crippen molar-refractivity contribution in [1.29, 1.82) is 0 Å². The number of hydrogen-bond donors (Lipinski definition) is 0. The van der Waals surface area contributed by atoms with Crippen LogP contribution in [0.3, 0.4) is 0 Å². The largest absolute Gasteiger partial charge is 0.493 e. The average Bonchev–Trinajstić information content (AvgIpc) is 3.01. The van der Waals surface area contributed by atoms with Crippen molar-refractivity contribution < 1.29 is 19.0 Å². The molecule has 0 saturated carbocycles. The first-order chi connectivity index (χ1) is 20.1. The molecular weight excluding hydrogens is 508 g/mol. The molecule has 0 saturated heterocycles. The summed E-state index contributed by atoms with van der Waals surface area (Å²) >= 11 is 0. The van der Waals surface area contributed by atoms with Gasteiger partial charge in [-0.15, -0.1) is 0 Å². The van der Waals surface area contributed by atoms with Crippen molar-refractivity contribution in [2.24, 2.45) is 11.8 Å². The van der Waals surface area contributed by atoms with Crippen molar-refractivity contribution in [2.75, 3.05) is 13.2 Å². The van der Waals surface area contributed by atoms with E-state index < -0.39 is 5.97 Å². The van der Waals surface area contributed by atoms with Gasteiger partial charge in [0.1, 0.15) is 22.8 Å². The predicted molar refractivity (Wildman–Crippen MR) is 170 cm³/mol. The fourth-order valence-electron chi connectivity index (χ4n) is 5.39. The normalized spacial score (nSPS) is 12.8. The molecule has 0 amide bonds. The molecule has 2 atom stereocenters. The predicted octanol–water partition coefficient (Wildman–Crippen LogP) is 10.4. The zero-order chi connectivity index (χ0) is 29.0. The number of ether oxygens (including phenoxy) is 3. The first kappa shape index (κ1) is 30.4. The van der Waals surface area contributed by atoms with E-state index in [2.05, 4.69) is 33.8 Å². The lowest BCUT2D eigenvalue weighted by Crippen LogP contribution is -2.17. The summed E-state index contributed by atoms with van der Waals surface area (Å²) in [6.45, 7) is 10.0. The molecule has 2 unspecified atom stereocenters. The number of rotatable bonds is 16. The molecule has 41 heavy (non-hydrogen) atoms. The Morgan fingerprint density at radius 2 is 1.24 bits per heavy atom. The number of benzene rings is 4. The van der Waals surface area contributed by atoms with Crippen LogP contribution in [0.1, 0.15) is 89.4 Å². The Balaban J connectivity index is 1.73. The van der Waals surface area contributed by atoms with E-state index in [1.165, 1.54) is 19.3 Å². The van der Waals surface area contributed by atoms with E-state index in [9.17, 15) is 4.79 Å². The van der Waals surface area contributed by atoms with Gasteiger partial charge in [-0.05, 0) is 42.2 Å². The molecule has 4 rings (SSSR count). The fourth-order valence-corrected chi connectivity index (χ4v) is 5.39. The first-order valence-corrected chi connectivity index (χ1v) is 15.6. The zero-order valence-electron chi connectivity index (χ0n) is 25.3. The maximum atomic E-state index is 13.9. The van der Waals surface area contributed by atoms with Crippen molar-refractivity contribution in [2.45, 2.75) is 79.1 Å². The van der Waals surface area contributed by atoms with Crippen LogP contribution in [0.25, 0.3) is 21.5 Å². The van der Waals surface area contributed by atoms with E-state index in [1.54, 1.807) is 0 Å². The van der Waals surface area contributed by atoms with Gasteiger partial charge in [-0.3, -0.25) is 0 Å². The van der Waals surface area contributed by atoms with E-state index in [1.807, 2.05) is 66.7 Å². The molecule has 4 heteroatoms. The van der Waals surface area contributed by atoms with E-state index in [0.29, 0.717) is 47.9 Å². The summed E-state index contributed by atoms with van der Waals surface area (Å²) in [4.78, 5) is 13.9. The summed E-state index contributed by atoms with van der Waals surface area (Å²) in [5, 5.41) is 3.75. The van der Waals surface area contributed by atoms with Gasteiger partial charge in [-0.2, -0.15) is 0 Å². The number of carbonyl (C=O) groups is 1. The molecule has 4 aromatic carbocycles. The lowest BCUT2D eigenvalue weighted by atomic mass is 9.99. The molecule has 0 aromatic heterocycles. The molecule has 0 aliphatic carbocycles. The Morgan fingerprint density at radius 3 is 1.90 bits per heavy atom. The quantitative estimate of drug-likeness (QED) is 0.102. The molecule has 4 nitrogen and oxygen atoms in total. The average molecular weight is 555 g/mol. The standard InChI is InChI=1S/C37H46O4/c1-5-9-16-27(7-3)25-39-35-24-33(37(38)41-34-23-15-19-29-18-11-12-20-30(29)34)36(32-22-14-13-21-31(32)35)40-26-28(8-4)17-10-6-2/h11-15,18-24,27-28H,5-10,16-17,25-26H2,1-4H3. The molecule has 0 heterocycles. The Morgan fingerprint density at radius 1 is 0.659 bits per heavy atom. The topological polar surface area (TPSA) is 44.8 Å². The lowest BCUT2D eigenvalue weighted by Gasteiger charge is -2.21. The maximum Gasteiger partial charge on any atom is 0.347 e. The second-order valence-corrected chi connectivity index (χ2v) is 11.1. The lowest BCUT2D eigenvalue weighted by molar-refractivity contribution is 0.0731. The SMILES string of the molecule is CCCCC(CC)COc1cc(C(=O)Oc2cccc3ccccc23)c(OCC(CC)CCCC)c2ccccc12. The Bertz CT molecular complexity index is 1400. The van der Waals surface area contributed by atoms with E-state index >= 15 is 0 Å². The molecular formula is C37H46O4. The summed E-state index contributed by atoms with van der Waals surface area (Å²) in [5.74, 6) is 2.27. The number of hydrogen-bond acceptors (Lipinski definition) is 4. The number of unbranched alkanes of at least 4 members (excludes halogenated alkanes) is 2. The van der Waals surface area contributed by atoms with Gasteiger partial charge in [0, 0.05) is 16.2 Å². The van der Waals surface area contributed by atoms with Gasteiger partial charge in [0.05, 0.1) is 13.2 Å². The Kier molecular flexibility index (Phi) is 11.5. The van der Waals surface area contributed by atoms with Crippen LogP contribution in [-0.4, -0.2) is 19.2 Å². The molecule has 4 aromatic rings. The van der Waals surface area contributed by atoms with Crippen LogP contribution in [-0.2, 0) is 0 Å². The third-order valence-corrected chi connectivity index (χ3v) is 8.15. The molecule has 0 fully saturated rings. The van der Waals surface area contributed by atoms with Gasteiger partial charge in [0.25, 0.3) is 0 Å². The third kappa shape index (κ3) is 7.81. The zero-order valence-corrected chi connectivity index (χ0v) is 25.3. The molecule has 0 spiro atoms. The van der Waals surface area contributed by atoms with Gasteiger partial charge in [-0.25, -0.2) is 4.79 Å². The Labute approximate surface area is 246 Å². The molecule has 0 N–H and O–H groups in total. The van der Waals surface area contributed by atoms with Gasteiger partial charge in [0.2, 0.25) is 0 Å². The number of carbonyl (C=O) groups excluding carboxylic acids is 1. The molecule has 0 aliphatic heterocycles. The molecule has 0 bridgehead atoms. The number of esters is 1. The number of fused-ring (bicyclic) bond motifs is 2. The van der Waals surface area contributed by atoms with Crippen molar-refractivity contribution in [1.82, 2.24) is 0 Å². The summed E-state index contributed by atoms with van der Waals surface area (Å²) in [6.07, 6.45) is 9.03. The van der Waals surface area contributed by atoms with Crippen molar-refractivity contribution in [3.8, 4) is 17.2 Å². The summed E-state index contributed by atoms with van der Waals surface area (Å²) in [5.41, 5.74) is 0.401. The van der Waals surface area contributed by atoms with Gasteiger partial charge < -0.3 is 14.2 Å². The highest BCUT2D eigenvalue weighted by Crippen LogP contribution is 2.39.